The lowest BCUT2D eigenvalue weighted by Crippen LogP contribution is -2.20. The predicted octanol–water partition coefficient (Wildman–Crippen LogP) is 2.92. The van der Waals surface area contributed by atoms with Gasteiger partial charge in [0.25, 0.3) is 0 Å². The molecule has 2 rings (SSSR count). The molecule has 1 heterocycles. The Balaban J connectivity index is 2.27. The summed E-state index contributed by atoms with van der Waals surface area (Å²) in [4.78, 5) is 8.67. The van der Waals surface area contributed by atoms with Gasteiger partial charge in [-0.2, -0.15) is 0 Å². The van der Waals surface area contributed by atoms with Crippen LogP contribution in [0.3, 0.4) is 0 Å². The lowest BCUT2D eigenvalue weighted by Gasteiger charge is -2.12. The van der Waals surface area contributed by atoms with Gasteiger partial charge in [0.2, 0.25) is 0 Å². The van der Waals surface area contributed by atoms with Gasteiger partial charge in [0.05, 0.1) is 42.2 Å². The van der Waals surface area contributed by atoms with Gasteiger partial charge in [-0.15, -0.1) is 0 Å². The Morgan fingerprint density at radius 2 is 1.92 bits per heavy atom. The van der Waals surface area contributed by atoms with E-state index in [2.05, 4.69) is 9.98 Å². The van der Waals surface area contributed by atoms with Crippen molar-refractivity contribution in [3.05, 3.63) is 46.8 Å². The number of nitrogens with zero attached hydrogens (tertiary/aromatic N) is 2. The fourth-order valence-corrected chi connectivity index (χ4v) is 3.31. The summed E-state index contributed by atoms with van der Waals surface area (Å²) in [5.41, 5.74) is 9.99. The molecule has 2 N–H and O–H groups in total. The van der Waals surface area contributed by atoms with Gasteiger partial charge >= 0.3 is 0 Å². The molecule has 0 bridgehead atoms. The average Bonchev–Trinajstić information content (AvgIpc) is 2.59. The molecular formula is C18H23N3O3S. The standard InChI is InChI=1S/C18H23N3O3S/c1-11-6-7-14(23-4)8-15(11)21-18(19)25(22)10-16-13(3)17(24-5)12(2)9-20-16/h6-9H,10H2,1-5H3,(H2,19,21)/t25-/m0/s1. The molecule has 7 heteroatoms. The van der Waals surface area contributed by atoms with Crippen LogP contribution >= 0.6 is 0 Å². The average molecular weight is 361 g/mol. The second-order valence-electron chi connectivity index (χ2n) is 5.64. The zero-order valence-corrected chi connectivity index (χ0v) is 15.9. The van der Waals surface area contributed by atoms with Crippen molar-refractivity contribution >= 4 is 21.7 Å². The molecule has 1 aromatic heterocycles. The number of ether oxygens (including phenoxy) is 2. The molecule has 0 spiro atoms. The van der Waals surface area contributed by atoms with E-state index in [0.717, 1.165) is 22.4 Å². The zero-order valence-electron chi connectivity index (χ0n) is 15.1. The molecule has 2 aromatic rings. The number of methoxy groups -OCH3 is 2. The number of aromatic nitrogens is 1. The molecule has 0 saturated carbocycles. The molecule has 0 unspecified atom stereocenters. The fraction of sp³-hybridized carbons (Fsp3) is 0.333. The molecule has 0 amide bonds. The summed E-state index contributed by atoms with van der Waals surface area (Å²) < 4.78 is 23.1. The molecule has 25 heavy (non-hydrogen) atoms. The maximum atomic E-state index is 12.6. The smallest absolute Gasteiger partial charge is 0.190 e. The van der Waals surface area contributed by atoms with E-state index in [4.69, 9.17) is 15.2 Å². The van der Waals surface area contributed by atoms with Gasteiger partial charge in [0.15, 0.2) is 5.17 Å². The maximum absolute atomic E-state index is 12.6. The Bertz CT molecular complexity index is 835. The van der Waals surface area contributed by atoms with E-state index in [1.807, 2.05) is 32.9 Å². The highest BCUT2D eigenvalue weighted by Gasteiger charge is 2.15. The van der Waals surface area contributed by atoms with E-state index < -0.39 is 10.8 Å². The first-order valence-corrected chi connectivity index (χ1v) is 9.05. The van der Waals surface area contributed by atoms with E-state index in [1.54, 1.807) is 26.5 Å². The van der Waals surface area contributed by atoms with Crippen LogP contribution in [0.1, 0.15) is 22.4 Å². The second kappa shape index (κ2) is 8.11. The number of nitrogens with two attached hydrogens (primary N) is 1. The Labute approximate surface area is 150 Å². The number of amidine groups is 1. The van der Waals surface area contributed by atoms with Crippen LogP contribution < -0.4 is 15.2 Å². The lowest BCUT2D eigenvalue weighted by atomic mass is 10.1. The van der Waals surface area contributed by atoms with Crippen LogP contribution in [0.4, 0.5) is 5.69 Å². The third-order valence-electron chi connectivity index (χ3n) is 3.90. The summed E-state index contributed by atoms with van der Waals surface area (Å²) in [5.74, 6) is 1.60. The highest BCUT2D eigenvalue weighted by molar-refractivity contribution is 7.99. The molecule has 1 aromatic carbocycles. The normalized spacial score (nSPS) is 12.8. The number of hydrogen-bond donors (Lipinski definition) is 1. The van der Waals surface area contributed by atoms with E-state index >= 15 is 0 Å². The van der Waals surface area contributed by atoms with Gasteiger partial charge in [0.1, 0.15) is 11.5 Å². The second-order valence-corrected chi connectivity index (χ2v) is 7.04. The van der Waals surface area contributed by atoms with E-state index in [-0.39, 0.29) is 10.9 Å². The number of pyridine rings is 1. The zero-order chi connectivity index (χ0) is 18.6. The molecule has 0 saturated heterocycles. The first-order valence-electron chi connectivity index (χ1n) is 7.73. The van der Waals surface area contributed by atoms with Crippen molar-refractivity contribution in [1.29, 1.82) is 0 Å². The van der Waals surface area contributed by atoms with Gasteiger partial charge in [-0.3, -0.25) is 9.19 Å². The molecule has 0 fully saturated rings. The van der Waals surface area contributed by atoms with E-state index in [1.165, 1.54) is 0 Å². The van der Waals surface area contributed by atoms with E-state index in [9.17, 15) is 4.21 Å². The Morgan fingerprint density at radius 3 is 2.56 bits per heavy atom. The minimum absolute atomic E-state index is 0.0529. The topological polar surface area (TPSA) is 86.8 Å². The summed E-state index contributed by atoms with van der Waals surface area (Å²) in [7, 11) is 1.70. The largest absolute Gasteiger partial charge is 0.497 e. The first kappa shape index (κ1) is 18.9. The highest BCUT2D eigenvalue weighted by atomic mass is 32.2. The third-order valence-corrected chi connectivity index (χ3v) is 4.99. The van der Waals surface area contributed by atoms with Gasteiger partial charge in [-0.1, -0.05) is 6.07 Å². The molecule has 0 radical (unpaired) electrons. The van der Waals surface area contributed by atoms with Crippen molar-refractivity contribution in [2.75, 3.05) is 14.2 Å². The first-order chi connectivity index (χ1) is 11.9. The summed E-state index contributed by atoms with van der Waals surface area (Å²) in [5, 5.41) is 0.0529. The van der Waals surface area contributed by atoms with Crippen molar-refractivity contribution < 1.29 is 13.7 Å². The Kier molecular flexibility index (Phi) is 6.14. The van der Waals surface area contributed by atoms with Gasteiger partial charge in [0, 0.05) is 23.4 Å². The number of rotatable bonds is 5. The maximum Gasteiger partial charge on any atom is 0.190 e. The minimum Gasteiger partial charge on any atom is -0.497 e. The van der Waals surface area contributed by atoms with Crippen LogP contribution in [0.5, 0.6) is 11.5 Å². The summed E-state index contributed by atoms with van der Waals surface area (Å²) in [6.07, 6.45) is 1.71. The molecule has 0 aliphatic heterocycles. The monoisotopic (exact) mass is 361 g/mol. The molecular weight excluding hydrogens is 338 g/mol. The minimum atomic E-state index is -1.49. The Morgan fingerprint density at radius 1 is 1.20 bits per heavy atom. The fourth-order valence-electron chi connectivity index (χ4n) is 2.42. The van der Waals surface area contributed by atoms with Gasteiger partial charge in [-0.05, 0) is 32.4 Å². The van der Waals surface area contributed by atoms with Crippen LogP contribution in [0.25, 0.3) is 0 Å². The summed E-state index contributed by atoms with van der Waals surface area (Å²) in [6.45, 7) is 5.72. The van der Waals surface area contributed by atoms with Crippen LogP contribution in [0, 0.1) is 20.8 Å². The molecule has 6 nitrogen and oxygen atoms in total. The van der Waals surface area contributed by atoms with Crippen molar-refractivity contribution in [2.24, 2.45) is 10.7 Å². The van der Waals surface area contributed by atoms with Crippen LogP contribution in [0.2, 0.25) is 0 Å². The summed E-state index contributed by atoms with van der Waals surface area (Å²) in [6, 6.07) is 5.48. The third kappa shape index (κ3) is 4.36. The number of aliphatic imine (C=N–C) groups is 1. The molecule has 0 aliphatic carbocycles. The SMILES string of the molecule is COc1ccc(C)c(N=C(N)[S@@](=O)Cc2ncc(C)c(OC)c2C)c1. The van der Waals surface area contributed by atoms with Crippen molar-refractivity contribution in [3.63, 3.8) is 0 Å². The number of hydrogen-bond acceptors (Lipinski definition) is 5. The van der Waals surface area contributed by atoms with Crippen LogP contribution in [-0.4, -0.2) is 28.6 Å². The van der Waals surface area contributed by atoms with Crippen LogP contribution in [0.15, 0.2) is 29.4 Å². The quantitative estimate of drug-likeness (QED) is 0.653. The number of benzene rings is 1. The molecule has 0 aliphatic rings. The highest BCUT2D eigenvalue weighted by Crippen LogP contribution is 2.26. The lowest BCUT2D eigenvalue weighted by molar-refractivity contribution is 0.407. The summed E-state index contributed by atoms with van der Waals surface area (Å²) >= 11 is 0. The van der Waals surface area contributed by atoms with Gasteiger partial charge < -0.3 is 15.2 Å². The van der Waals surface area contributed by atoms with Gasteiger partial charge in [-0.25, -0.2) is 4.99 Å². The molecule has 1 atom stereocenters. The molecule has 134 valence electrons. The Hall–Kier alpha value is -2.41. The number of aryl methyl sites for hydroxylation is 2. The van der Waals surface area contributed by atoms with Crippen molar-refractivity contribution in [3.8, 4) is 11.5 Å². The van der Waals surface area contributed by atoms with Crippen molar-refractivity contribution in [1.82, 2.24) is 4.98 Å². The predicted molar refractivity (Wildman–Crippen MR) is 101 cm³/mol. The van der Waals surface area contributed by atoms with E-state index in [0.29, 0.717) is 17.1 Å². The van der Waals surface area contributed by atoms with Crippen LogP contribution in [-0.2, 0) is 16.6 Å². The van der Waals surface area contributed by atoms with Crippen molar-refractivity contribution in [2.45, 2.75) is 26.5 Å².